The van der Waals surface area contributed by atoms with Crippen molar-refractivity contribution in [3.63, 3.8) is 0 Å². The molecule has 6 N–H and O–H groups in total. The SMILES string of the molecule is NC(=O)CC(N)C(=O)Nc1ccccc1C(=O)O. The summed E-state index contributed by atoms with van der Waals surface area (Å²) in [5.74, 6) is -2.54. The molecule has 1 atom stereocenters. The molecule has 0 fully saturated rings. The van der Waals surface area contributed by atoms with Crippen molar-refractivity contribution in [1.29, 1.82) is 0 Å². The minimum absolute atomic E-state index is 0.0582. The summed E-state index contributed by atoms with van der Waals surface area (Å²) in [5.41, 5.74) is 10.4. The van der Waals surface area contributed by atoms with Gasteiger partial charge < -0.3 is 21.9 Å². The number of carbonyl (C=O) groups is 3. The van der Waals surface area contributed by atoms with Gasteiger partial charge >= 0.3 is 5.97 Å². The van der Waals surface area contributed by atoms with Crippen LogP contribution in [0.2, 0.25) is 0 Å². The van der Waals surface area contributed by atoms with Crippen LogP contribution in [0.5, 0.6) is 0 Å². The maximum atomic E-state index is 11.6. The topological polar surface area (TPSA) is 136 Å². The second-order valence-electron chi connectivity index (χ2n) is 3.62. The highest BCUT2D eigenvalue weighted by Gasteiger charge is 2.18. The lowest BCUT2D eigenvalue weighted by molar-refractivity contribution is -0.123. The molecular weight excluding hydrogens is 238 g/mol. The number of carboxylic acid groups (broad SMARTS) is 1. The largest absolute Gasteiger partial charge is 0.478 e. The van der Waals surface area contributed by atoms with Crippen molar-refractivity contribution < 1.29 is 19.5 Å². The third-order valence-corrected chi connectivity index (χ3v) is 2.17. The number of aromatic carboxylic acids is 1. The summed E-state index contributed by atoms with van der Waals surface area (Å²) in [6.07, 6.45) is -0.304. The predicted molar refractivity (Wildman–Crippen MR) is 63.8 cm³/mol. The Morgan fingerprint density at radius 2 is 1.89 bits per heavy atom. The Bertz CT molecular complexity index is 487. The Hall–Kier alpha value is -2.41. The summed E-state index contributed by atoms with van der Waals surface area (Å²) < 4.78 is 0. The van der Waals surface area contributed by atoms with Crippen LogP contribution < -0.4 is 16.8 Å². The molecule has 0 aromatic heterocycles. The molecule has 0 saturated heterocycles. The summed E-state index contributed by atoms with van der Waals surface area (Å²) in [6.45, 7) is 0. The average Bonchev–Trinajstić information content (AvgIpc) is 2.28. The van der Waals surface area contributed by atoms with Crippen LogP contribution in [0.4, 0.5) is 5.69 Å². The van der Waals surface area contributed by atoms with Gasteiger partial charge in [-0.15, -0.1) is 0 Å². The van der Waals surface area contributed by atoms with Crippen LogP contribution >= 0.6 is 0 Å². The van der Waals surface area contributed by atoms with Crippen LogP contribution in [0.1, 0.15) is 16.8 Å². The predicted octanol–water partition coefficient (Wildman–Crippen LogP) is -0.474. The molecule has 0 aliphatic heterocycles. The van der Waals surface area contributed by atoms with Gasteiger partial charge in [0.1, 0.15) is 0 Å². The highest BCUT2D eigenvalue weighted by atomic mass is 16.4. The third-order valence-electron chi connectivity index (χ3n) is 2.17. The fourth-order valence-electron chi connectivity index (χ4n) is 1.31. The number of hydrogen-bond acceptors (Lipinski definition) is 4. The molecule has 0 heterocycles. The number of amides is 2. The molecule has 0 radical (unpaired) electrons. The number of nitrogens with two attached hydrogens (primary N) is 2. The molecule has 1 aromatic carbocycles. The van der Waals surface area contributed by atoms with Gasteiger partial charge in [-0.3, -0.25) is 9.59 Å². The van der Waals surface area contributed by atoms with Crippen molar-refractivity contribution in [2.24, 2.45) is 11.5 Å². The molecule has 1 aromatic rings. The van der Waals surface area contributed by atoms with Gasteiger partial charge in [0.15, 0.2) is 0 Å². The summed E-state index contributed by atoms with van der Waals surface area (Å²) in [6, 6.07) is 4.77. The number of para-hydroxylation sites is 1. The van der Waals surface area contributed by atoms with Crippen molar-refractivity contribution in [1.82, 2.24) is 0 Å². The van der Waals surface area contributed by atoms with Gasteiger partial charge in [0.25, 0.3) is 0 Å². The highest BCUT2D eigenvalue weighted by Crippen LogP contribution is 2.15. The summed E-state index contributed by atoms with van der Waals surface area (Å²) >= 11 is 0. The number of hydrogen-bond donors (Lipinski definition) is 4. The van der Waals surface area contributed by atoms with E-state index in [9.17, 15) is 14.4 Å². The number of rotatable bonds is 5. The fraction of sp³-hybridized carbons (Fsp3) is 0.182. The first-order valence-corrected chi connectivity index (χ1v) is 5.09. The average molecular weight is 251 g/mol. The molecule has 0 bridgehead atoms. The maximum Gasteiger partial charge on any atom is 0.337 e. The number of primary amides is 1. The molecule has 0 aliphatic rings. The highest BCUT2D eigenvalue weighted by molar-refractivity contribution is 6.03. The normalized spacial score (nSPS) is 11.6. The smallest absolute Gasteiger partial charge is 0.337 e. The van der Waals surface area contributed by atoms with E-state index in [0.29, 0.717) is 0 Å². The van der Waals surface area contributed by atoms with Crippen LogP contribution in [-0.4, -0.2) is 28.9 Å². The minimum atomic E-state index is -1.17. The van der Waals surface area contributed by atoms with Gasteiger partial charge in [-0.2, -0.15) is 0 Å². The lowest BCUT2D eigenvalue weighted by atomic mass is 10.1. The van der Waals surface area contributed by atoms with Crippen LogP contribution in [0.3, 0.4) is 0 Å². The van der Waals surface area contributed by atoms with E-state index < -0.39 is 23.8 Å². The van der Waals surface area contributed by atoms with E-state index in [1.54, 1.807) is 6.07 Å². The Morgan fingerprint density at radius 1 is 1.28 bits per heavy atom. The van der Waals surface area contributed by atoms with Crippen molar-refractivity contribution in [2.45, 2.75) is 12.5 Å². The zero-order valence-corrected chi connectivity index (χ0v) is 9.42. The quantitative estimate of drug-likeness (QED) is 0.560. The molecule has 18 heavy (non-hydrogen) atoms. The van der Waals surface area contributed by atoms with Crippen molar-refractivity contribution in [3.8, 4) is 0 Å². The number of carbonyl (C=O) groups excluding carboxylic acids is 2. The monoisotopic (exact) mass is 251 g/mol. The molecular formula is C11H13N3O4. The standard InChI is InChI=1S/C11H13N3O4/c12-7(5-9(13)15)10(16)14-8-4-2-1-3-6(8)11(17)18/h1-4,7H,5,12H2,(H2,13,15)(H,14,16)(H,17,18). The number of nitrogens with one attached hydrogen (secondary N) is 1. The second kappa shape index (κ2) is 5.78. The Labute approximate surface area is 103 Å². The van der Waals surface area contributed by atoms with Crippen molar-refractivity contribution in [2.75, 3.05) is 5.32 Å². The van der Waals surface area contributed by atoms with Gasteiger partial charge in [-0.1, -0.05) is 12.1 Å². The molecule has 0 aliphatic carbocycles. The van der Waals surface area contributed by atoms with Gasteiger partial charge in [-0.05, 0) is 12.1 Å². The number of anilines is 1. The molecule has 1 unspecified atom stereocenters. The minimum Gasteiger partial charge on any atom is -0.478 e. The van der Waals surface area contributed by atoms with Crippen molar-refractivity contribution >= 4 is 23.5 Å². The molecule has 0 saturated carbocycles. The zero-order valence-electron chi connectivity index (χ0n) is 9.42. The fourth-order valence-corrected chi connectivity index (χ4v) is 1.31. The van der Waals surface area contributed by atoms with Crippen molar-refractivity contribution in [3.05, 3.63) is 29.8 Å². The van der Waals surface area contributed by atoms with E-state index in [0.717, 1.165) is 0 Å². The van der Waals surface area contributed by atoms with E-state index in [1.807, 2.05) is 0 Å². The van der Waals surface area contributed by atoms with Crippen LogP contribution in [0.15, 0.2) is 24.3 Å². The van der Waals surface area contributed by atoms with E-state index in [4.69, 9.17) is 16.6 Å². The summed E-state index contributed by atoms with van der Waals surface area (Å²) in [7, 11) is 0. The van der Waals surface area contributed by atoms with E-state index in [1.165, 1.54) is 18.2 Å². The van der Waals surface area contributed by atoms with Crippen LogP contribution in [-0.2, 0) is 9.59 Å². The van der Waals surface area contributed by atoms with Gasteiger partial charge in [0.05, 0.1) is 23.7 Å². The number of benzene rings is 1. The molecule has 96 valence electrons. The summed E-state index contributed by atoms with van der Waals surface area (Å²) in [5, 5.41) is 11.3. The van der Waals surface area contributed by atoms with Gasteiger partial charge in [0.2, 0.25) is 11.8 Å². The zero-order chi connectivity index (χ0) is 13.7. The lowest BCUT2D eigenvalue weighted by Crippen LogP contribution is -2.39. The Kier molecular flexibility index (Phi) is 4.39. The van der Waals surface area contributed by atoms with Crippen LogP contribution in [0, 0.1) is 0 Å². The maximum absolute atomic E-state index is 11.6. The molecule has 7 nitrogen and oxygen atoms in total. The van der Waals surface area contributed by atoms with Gasteiger partial charge in [-0.25, -0.2) is 4.79 Å². The molecule has 1 rings (SSSR count). The molecule has 0 spiro atoms. The third kappa shape index (κ3) is 3.56. The molecule has 7 heteroatoms. The van der Waals surface area contributed by atoms with E-state index >= 15 is 0 Å². The lowest BCUT2D eigenvalue weighted by Gasteiger charge is -2.12. The second-order valence-corrected chi connectivity index (χ2v) is 3.62. The Balaban J connectivity index is 2.82. The van der Waals surface area contributed by atoms with Gasteiger partial charge in [0, 0.05) is 0 Å². The molecule has 2 amide bonds. The van der Waals surface area contributed by atoms with E-state index in [-0.39, 0.29) is 17.7 Å². The van der Waals surface area contributed by atoms with Crippen LogP contribution in [0.25, 0.3) is 0 Å². The number of carboxylic acids is 1. The first kappa shape index (κ1) is 13.7. The first-order valence-electron chi connectivity index (χ1n) is 5.09. The first-order chi connectivity index (χ1) is 8.41. The Morgan fingerprint density at radius 3 is 2.44 bits per heavy atom. The van der Waals surface area contributed by atoms with E-state index in [2.05, 4.69) is 5.32 Å². The summed E-state index contributed by atoms with van der Waals surface area (Å²) in [4.78, 5) is 33.1.